The van der Waals surface area contributed by atoms with E-state index >= 15 is 0 Å². The van der Waals surface area contributed by atoms with Gasteiger partial charge in [-0.05, 0) is 50.9 Å². The van der Waals surface area contributed by atoms with Crippen molar-refractivity contribution in [1.29, 1.82) is 0 Å². The number of alkyl halides is 1. The van der Waals surface area contributed by atoms with E-state index in [4.69, 9.17) is 4.74 Å². The zero-order valence-electron chi connectivity index (χ0n) is 10.5. The van der Waals surface area contributed by atoms with Crippen molar-refractivity contribution in [2.24, 2.45) is 0 Å². The maximum atomic E-state index is 13.6. The summed E-state index contributed by atoms with van der Waals surface area (Å²) in [6.45, 7) is 4.90. The van der Waals surface area contributed by atoms with E-state index < -0.39 is 5.67 Å². The van der Waals surface area contributed by atoms with Crippen LogP contribution < -0.4 is 10.1 Å². The fraction of sp³-hybridized carbons (Fsp3) is 0.571. The summed E-state index contributed by atoms with van der Waals surface area (Å²) in [4.78, 5) is 0. The van der Waals surface area contributed by atoms with Gasteiger partial charge in [-0.25, -0.2) is 4.39 Å². The molecule has 0 radical (unpaired) electrons. The predicted molar refractivity (Wildman–Crippen MR) is 67.1 cm³/mol. The molecule has 94 valence electrons. The topological polar surface area (TPSA) is 21.3 Å². The lowest BCUT2D eigenvalue weighted by Gasteiger charge is -2.16. The summed E-state index contributed by atoms with van der Waals surface area (Å²) < 4.78 is 19.3. The molecule has 1 fully saturated rings. The predicted octanol–water partition coefficient (Wildman–Crippen LogP) is 3.02. The molecular weight excluding hydrogens is 217 g/mol. The largest absolute Gasteiger partial charge is 0.492 e. The minimum Gasteiger partial charge on any atom is -0.492 e. The molecule has 0 aromatic heterocycles. The summed E-state index contributed by atoms with van der Waals surface area (Å²) >= 11 is 0. The Bertz CT molecular complexity index is 349. The molecule has 17 heavy (non-hydrogen) atoms. The molecule has 1 aliphatic heterocycles. The van der Waals surface area contributed by atoms with Gasteiger partial charge in [-0.3, -0.25) is 0 Å². The van der Waals surface area contributed by atoms with Gasteiger partial charge in [0.15, 0.2) is 0 Å². The maximum Gasteiger partial charge on any atom is 0.130 e. The summed E-state index contributed by atoms with van der Waals surface area (Å²) in [5, 5.41) is 3.38. The summed E-state index contributed by atoms with van der Waals surface area (Å²) in [6.07, 6.45) is 2.40. The smallest absolute Gasteiger partial charge is 0.130 e. The Morgan fingerprint density at radius 3 is 2.59 bits per heavy atom. The fourth-order valence-electron chi connectivity index (χ4n) is 2.04. The summed E-state index contributed by atoms with van der Waals surface area (Å²) in [5.74, 6) is 0.812. The van der Waals surface area contributed by atoms with Gasteiger partial charge in [0.25, 0.3) is 0 Å². The number of halogens is 1. The first-order chi connectivity index (χ1) is 8.05. The first-order valence-corrected chi connectivity index (χ1v) is 6.21. The quantitative estimate of drug-likeness (QED) is 0.869. The van der Waals surface area contributed by atoms with E-state index in [2.05, 4.69) is 5.32 Å². The maximum absolute atomic E-state index is 13.6. The van der Waals surface area contributed by atoms with E-state index in [1.165, 1.54) is 12.8 Å². The molecule has 2 rings (SSSR count). The van der Waals surface area contributed by atoms with Crippen molar-refractivity contribution in [3.63, 3.8) is 0 Å². The van der Waals surface area contributed by atoms with Gasteiger partial charge in [0.1, 0.15) is 18.0 Å². The van der Waals surface area contributed by atoms with Crippen LogP contribution in [0.25, 0.3) is 0 Å². The molecule has 0 spiro atoms. The summed E-state index contributed by atoms with van der Waals surface area (Å²) in [5.41, 5.74) is -0.602. The van der Waals surface area contributed by atoms with E-state index in [1.54, 1.807) is 26.0 Å². The molecule has 1 atom stereocenters. The Kier molecular flexibility index (Phi) is 3.67. The van der Waals surface area contributed by atoms with Crippen molar-refractivity contribution in [1.82, 2.24) is 5.32 Å². The van der Waals surface area contributed by atoms with Gasteiger partial charge in [-0.15, -0.1) is 0 Å². The van der Waals surface area contributed by atoms with Gasteiger partial charge < -0.3 is 10.1 Å². The van der Waals surface area contributed by atoms with Crippen LogP contribution in [0.5, 0.6) is 5.75 Å². The van der Waals surface area contributed by atoms with Crippen molar-refractivity contribution in [3.8, 4) is 5.75 Å². The zero-order valence-corrected chi connectivity index (χ0v) is 10.5. The molecule has 0 amide bonds. The van der Waals surface area contributed by atoms with E-state index in [9.17, 15) is 4.39 Å². The SMILES string of the molecule is CC(C)(F)c1ccc(OCC2CCCN2)cc1. The Morgan fingerprint density at radius 2 is 2.06 bits per heavy atom. The molecule has 1 aliphatic rings. The Hall–Kier alpha value is -1.09. The normalized spacial score (nSPS) is 20.5. The van der Waals surface area contributed by atoms with E-state index in [-0.39, 0.29) is 0 Å². The van der Waals surface area contributed by atoms with Crippen molar-refractivity contribution in [2.75, 3.05) is 13.2 Å². The lowest BCUT2D eigenvalue weighted by atomic mass is 10.0. The van der Waals surface area contributed by atoms with Crippen LogP contribution in [0.2, 0.25) is 0 Å². The number of hydrogen-bond donors (Lipinski definition) is 1. The van der Waals surface area contributed by atoms with Gasteiger partial charge in [-0.2, -0.15) is 0 Å². The molecule has 1 N–H and O–H groups in total. The Morgan fingerprint density at radius 1 is 1.35 bits per heavy atom. The third-order valence-electron chi connectivity index (χ3n) is 3.15. The molecule has 3 heteroatoms. The minimum atomic E-state index is -1.29. The highest BCUT2D eigenvalue weighted by Crippen LogP contribution is 2.26. The van der Waals surface area contributed by atoms with Crippen LogP contribution in [0.1, 0.15) is 32.3 Å². The lowest BCUT2D eigenvalue weighted by molar-refractivity contribution is 0.221. The molecule has 1 aromatic rings. The van der Waals surface area contributed by atoms with Gasteiger partial charge in [0.05, 0.1) is 0 Å². The average molecular weight is 237 g/mol. The highest BCUT2D eigenvalue weighted by atomic mass is 19.1. The van der Waals surface area contributed by atoms with E-state index in [1.807, 2.05) is 12.1 Å². The minimum absolute atomic E-state index is 0.465. The van der Waals surface area contributed by atoms with Gasteiger partial charge in [-0.1, -0.05) is 12.1 Å². The second-order valence-electron chi connectivity index (χ2n) is 5.10. The van der Waals surface area contributed by atoms with Crippen molar-refractivity contribution in [3.05, 3.63) is 29.8 Å². The first kappa shape index (κ1) is 12.4. The van der Waals surface area contributed by atoms with Gasteiger partial charge in [0.2, 0.25) is 0 Å². The highest BCUT2D eigenvalue weighted by molar-refractivity contribution is 5.30. The first-order valence-electron chi connectivity index (χ1n) is 6.21. The van der Waals surface area contributed by atoms with Crippen LogP contribution in [0.4, 0.5) is 4.39 Å². The Labute approximate surface area is 102 Å². The molecule has 1 unspecified atom stereocenters. The summed E-state index contributed by atoms with van der Waals surface area (Å²) in [7, 11) is 0. The second kappa shape index (κ2) is 5.05. The van der Waals surface area contributed by atoms with Crippen LogP contribution in [0.3, 0.4) is 0 Å². The molecule has 0 bridgehead atoms. The number of ether oxygens (including phenoxy) is 1. The molecule has 0 saturated carbocycles. The number of rotatable bonds is 4. The number of hydrogen-bond acceptors (Lipinski definition) is 2. The third kappa shape index (κ3) is 3.43. The van der Waals surface area contributed by atoms with Crippen LogP contribution in [0.15, 0.2) is 24.3 Å². The molecule has 1 aromatic carbocycles. The van der Waals surface area contributed by atoms with Crippen molar-refractivity contribution in [2.45, 2.75) is 38.4 Å². The summed E-state index contributed by atoms with van der Waals surface area (Å²) in [6, 6.07) is 7.72. The standard InChI is InChI=1S/C14H20FNO/c1-14(2,15)11-5-7-13(8-6-11)17-10-12-4-3-9-16-12/h5-8,12,16H,3-4,9-10H2,1-2H3. The van der Waals surface area contributed by atoms with E-state index in [0.717, 1.165) is 12.3 Å². The highest BCUT2D eigenvalue weighted by Gasteiger charge is 2.18. The lowest BCUT2D eigenvalue weighted by Crippen LogP contribution is -2.28. The van der Waals surface area contributed by atoms with E-state index in [0.29, 0.717) is 18.2 Å². The number of benzene rings is 1. The van der Waals surface area contributed by atoms with Crippen LogP contribution in [0, 0.1) is 0 Å². The number of nitrogens with one attached hydrogen (secondary N) is 1. The molecule has 1 heterocycles. The van der Waals surface area contributed by atoms with Crippen LogP contribution in [-0.2, 0) is 5.67 Å². The van der Waals surface area contributed by atoms with Crippen LogP contribution >= 0.6 is 0 Å². The fourth-order valence-corrected chi connectivity index (χ4v) is 2.04. The molecule has 2 nitrogen and oxygen atoms in total. The monoisotopic (exact) mass is 237 g/mol. The Balaban J connectivity index is 1.89. The molecule has 1 saturated heterocycles. The molecular formula is C14H20FNO. The molecule has 0 aliphatic carbocycles. The second-order valence-corrected chi connectivity index (χ2v) is 5.10. The van der Waals surface area contributed by atoms with Gasteiger partial charge >= 0.3 is 0 Å². The van der Waals surface area contributed by atoms with Crippen molar-refractivity contribution < 1.29 is 9.13 Å². The van der Waals surface area contributed by atoms with Crippen molar-refractivity contribution >= 4 is 0 Å². The zero-order chi connectivity index (χ0) is 12.3. The van der Waals surface area contributed by atoms with Crippen LogP contribution in [-0.4, -0.2) is 19.2 Å². The average Bonchev–Trinajstić information content (AvgIpc) is 2.78. The van der Waals surface area contributed by atoms with Gasteiger partial charge in [0, 0.05) is 6.04 Å². The third-order valence-corrected chi connectivity index (χ3v) is 3.15.